The number of allylic oxidation sites excluding steroid dienone is 1. The summed E-state index contributed by atoms with van der Waals surface area (Å²) in [7, 11) is 0. The molecule has 0 aromatic carbocycles. The van der Waals surface area contributed by atoms with Gasteiger partial charge in [-0.3, -0.25) is 10.1 Å². The molecule has 2 amide bonds. The first-order valence-corrected chi connectivity index (χ1v) is 10.5. The molecule has 1 aliphatic carbocycles. The lowest BCUT2D eigenvalue weighted by atomic mass is 10.0. The Bertz CT molecular complexity index is 866. The number of H-pyrrole nitrogens is 1. The predicted molar refractivity (Wildman–Crippen MR) is 112 cm³/mol. The van der Waals surface area contributed by atoms with Crippen molar-refractivity contribution in [3.63, 3.8) is 0 Å². The maximum atomic E-state index is 14.8. The number of urea groups is 1. The fourth-order valence-corrected chi connectivity index (χ4v) is 3.92. The van der Waals surface area contributed by atoms with E-state index in [2.05, 4.69) is 25.8 Å². The topological polar surface area (TPSA) is 97.9 Å². The zero-order valence-electron chi connectivity index (χ0n) is 17.3. The zero-order valence-corrected chi connectivity index (χ0v) is 17.3. The maximum Gasteiger partial charge on any atom is 0.321 e. The molecule has 1 fully saturated rings. The Morgan fingerprint density at radius 3 is 2.97 bits per heavy atom. The van der Waals surface area contributed by atoms with Crippen LogP contribution in [-0.4, -0.2) is 83.3 Å². The van der Waals surface area contributed by atoms with Crippen LogP contribution in [-0.2, 0) is 4.74 Å². The van der Waals surface area contributed by atoms with Crippen molar-refractivity contribution in [2.45, 2.75) is 32.4 Å². The van der Waals surface area contributed by atoms with Gasteiger partial charge in [-0.25, -0.2) is 9.18 Å². The van der Waals surface area contributed by atoms with Crippen LogP contribution in [0.1, 0.15) is 26.0 Å². The van der Waals surface area contributed by atoms with Gasteiger partial charge >= 0.3 is 6.03 Å². The van der Waals surface area contributed by atoms with E-state index in [1.54, 1.807) is 17.2 Å². The molecule has 1 aromatic heterocycles. The van der Waals surface area contributed by atoms with Gasteiger partial charge in [0, 0.05) is 39.0 Å². The van der Waals surface area contributed by atoms with Crippen molar-refractivity contribution in [3.05, 3.63) is 35.6 Å². The van der Waals surface area contributed by atoms with Crippen LogP contribution in [0.15, 0.2) is 34.9 Å². The lowest BCUT2D eigenvalue weighted by Crippen LogP contribution is -2.38. The minimum Gasteiger partial charge on any atom is -0.380 e. The van der Waals surface area contributed by atoms with Crippen LogP contribution in [0.5, 0.6) is 0 Å². The van der Waals surface area contributed by atoms with Crippen molar-refractivity contribution in [2.75, 3.05) is 44.7 Å². The molecule has 9 nitrogen and oxygen atoms in total. The summed E-state index contributed by atoms with van der Waals surface area (Å²) in [4.78, 5) is 20.7. The Labute approximate surface area is 175 Å². The van der Waals surface area contributed by atoms with E-state index < -0.39 is 0 Å². The van der Waals surface area contributed by atoms with E-state index in [0.29, 0.717) is 55.8 Å². The predicted octanol–water partition coefficient (Wildman–Crippen LogP) is 1.84. The second-order valence-electron chi connectivity index (χ2n) is 7.41. The molecular formula is C20H28FN7O2. The van der Waals surface area contributed by atoms with Crippen LogP contribution in [0, 0.1) is 0 Å². The fourth-order valence-electron chi connectivity index (χ4n) is 3.92. The lowest BCUT2D eigenvalue weighted by Gasteiger charge is -2.28. The first-order valence-electron chi connectivity index (χ1n) is 10.5. The Morgan fingerprint density at radius 1 is 1.33 bits per heavy atom. The van der Waals surface area contributed by atoms with Gasteiger partial charge < -0.3 is 25.2 Å². The van der Waals surface area contributed by atoms with Crippen molar-refractivity contribution >= 4 is 17.6 Å². The Kier molecular flexibility index (Phi) is 6.03. The minimum atomic E-state index is -0.352. The number of nitrogens with one attached hydrogen (secondary N) is 3. The van der Waals surface area contributed by atoms with Gasteiger partial charge in [-0.1, -0.05) is 0 Å². The first kappa shape index (κ1) is 20.4. The van der Waals surface area contributed by atoms with Crippen LogP contribution in [0.2, 0.25) is 0 Å². The van der Waals surface area contributed by atoms with E-state index in [-0.39, 0.29) is 23.9 Å². The molecule has 0 spiro atoms. The number of aromatic amines is 1. The van der Waals surface area contributed by atoms with E-state index in [9.17, 15) is 9.18 Å². The summed E-state index contributed by atoms with van der Waals surface area (Å²) in [6.45, 7) is 7.79. The van der Waals surface area contributed by atoms with Gasteiger partial charge in [0.1, 0.15) is 5.83 Å². The quantitative estimate of drug-likeness (QED) is 0.679. The molecule has 30 heavy (non-hydrogen) atoms. The van der Waals surface area contributed by atoms with Crippen molar-refractivity contribution in [2.24, 2.45) is 4.99 Å². The van der Waals surface area contributed by atoms with Gasteiger partial charge in [-0.05, 0) is 32.4 Å². The summed E-state index contributed by atoms with van der Waals surface area (Å²) in [5.41, 5.74) is 1.63. The molecule has 2 atom stereocenters. The molecule has 0 saturated carbocycles. The molecule has 3 aliphatic rings. The number of aliphatic imine (C=N–C) groups is 1. The summed E-state index contributed by atoms with van der Waals surface area (Å²) in [6, 6.07) is -0.716. The molecular weight excluding hydrogens is 389 g/mol. The summed E-state index contributed by atoms with van der Waals surface area (Å²) in [5.74, 6) is 0.267. The van der Waals surface area contributed by atoms with E-state index in [1.165, 1.54) is 0 Å². The number of amides is 2. The SMILES string of the molecule is CCN(CC)C(=O)Nc1c[nH]nc1C1=NC2C=C(F)C(N3CCCOCC3)=CC2N1. The number of amidine groups is 1. The summed E-state index contributed by atoms with van der Waals surface area (Å²) < 4.78 is 20.3. The van der Waals surface area contributed by atoms with Gasteiger partial charge in [-0.2, -0.15) is 5.10 Å². The fraction of sp³-hybridized carbons (Fsp3) is 0.550. The van der Waals surface area contributed by atoms with Crippen molar-refractivity contribution < 1.29 is 13.9 Å². The van der Waals surface area contributed by atoms with Gasteiger partial charge in [0.15, 0.2) is 11.5 Å². The molecule has 0 radical (unpaired) electrons. The van der Waals surface area contributed by atoms with E-state index >= 15 is 0 Å². The zero-order chi connectivity index (χ0) is 21.1. The number of ether oxygens (including phenoxy) is 1. The third-order valence-corrected chi connectivity index (χ3v) is 5.57. The molecule has 2 unspecified atom stereocenters. The average molecular weight is 417 g/mol. The number of hydrogen-bond acceptors (Lipinski definition) is 6. The van der Waals surface area contributed by atoms with Crippen LogP contribution < -0.4 is 10.6 Å². The van der Waals surface area contributed by atoms with Crippen LogP contribution in [0.25, 0.3) is 0 Å². The number of carbonyl (C=O) groups is 1. The van der Waals surface area contributed by atoms with E-state index in [4.69, 9.17) is 4.74 Å². The Hall–Kier alpha value is -2.88. The van der Waals surface area contributed by atoms with Gasteiger partial charge in [0.05, 0.1) is 30.1 Å². The van der Waals surface area contributed by atoms with Crippen molar-refractivity contribution in [3.8, 4) is 0 Å². The molecule has 1 aromatic rings. The van der Waals surface area contributed by atoms with Gasteiger partial charge in [0.2, 0.25) is 0 Å². The smallest absolute Gasteiger partial charge is 0.321 e. The molecule has 162 valence electrons. The lowest BCUT2D eigenvalue weighted by molar-refractivity contribution is 0.145. The third kappa shape index (κ3) is 4.04. The highest BCUT2D eigenvalue weighted by atomic mass is 19.1. The number of rotatable bonds is 5. The highest BCUT2D eigenvalue weighted by molar-refractivity contribution is 6.06. The van der Waals surface area contributed by atoms with Crippen LogP contribution in [0.3, 0.4) is 0 Å². The molecule has 2 aliphatic heterocycles. The standard InChI is InChI=1S/C20H28FN7O2/c1-3-27(4-2)20(29)25-16-12-22-26-18(16)19-23-14-10-13(21)17(11-15(14)24-19)28-6-5-8-30-9-7-28/h10-12,14-15H,3-9H2,1-2H3,(H,22,26)(H,23,24)(H,25,29). The summed E-state index contributed by atoms with van der Waals surface area (Å²) >= 11 is 0. The molecule has 0 bridgehead atoms. The minimum absolute atomic E-state index is 0.165. The number of hydrogen-bond donors (Lipinski definition) is 3. The second-order valence-corrected chi connectivity index (χ2v) is 7.41. The van der Waals surface area contributed by atoms with Crippen molar-refractivity contribution in [1.29, 1.82) is 0 Å². The van der Waals surface area contributed by atoms with Gasteiger partial charge in [-0.15, -0.1) is 0 Å². The van der Waals surface area contributed by atoms with E-state index in [0.717, 1.165) is 13.0 Å². The number of halogens is 1. The van der Waals surface area contributed by atoms with Crippen molar-refractivity contribution in [1.82, 2.24) is 25.3 Å². The van der Waals surface area contributed by atoms with Gasteiger partial charge in [0.25, 0.3) is 0 Å². The average Bonchev–Trinajstić information content (AvgIpc) is 3.26. The highest BCUT2D eigenvalue weighted by Crippen LogP contribution is 2.29. The Morgan fingerprint density at radius 2 is 2.17 bits per heavy atom. The summed E-state index contributed by atoms with van der Waals surface area (Å²) in [5, 5.41) is 13.2. The van der Waals surface area contributed by atoms with E-state index in [1.807, 2.05) is 24.8 Å². The number of nitrogens with zero attached hydrogens (tertiary/aromatic N) is 4. The second kappa shape index (κ2) is 8.86. The normalized spacial score (nSPS) is 23.6. The molecule has 10 heteroatoms. The molecule has 1 saturated heterocycles. The monoisotopic (exact) mass is 417 g/mol. The first-order chi connectivity index (χ1) is 14.6. The maximum absolute atomic E-state index is 14.8. The summed E-state index contributed by atoms with van der Waals surface area (Å²) in [6.07, 6.45) is 5.93. The Balaban J connectivity index is 1.50. The molecule has 3 N–H and O–H groups in total. The van der Waals surface area contributed by atoms with Crippen LogP contribution in [0.4, 0.5) is 14.9 Å². The third-order valence-electron chi connectivity index (χ3n) is 5.57. The highest BCUT2D eigenvalue weighted by Gasteiger charge is 2.34. The van der Waals surface area contributed by atoms with Crippen LogP contribution >= 0.6 is 0 Å². The number of aromatic nitrogens is 2. The largest absolute Gasteiger partial charge is 0.380 e. The number of carbonyl (C=O) groups excluding carboxylic acids is 1. The molecule has 3 heterocycles. The number of anilines is 1. The molecule has 4 rings (SSSR count). The number of fused-ring (bicyclic) bond motifs is 1.